The smallest absolute Gasteiger partial charge is 0.263 e. The largest absolute Gasteiger partial charge is 0.391 e. The fourth-order valence-electron chi connectivity index (χ4n) is 2.49. The number of hydrogen-bond acceptors (Lipinski definition) is 3. The van der Waals surface area contributed by atoms with Crippen molar-refractivity contribution >= 4 is 46.1 Å². The van der Waals surface area contributed by atoms with E-state index in [9.17, 15) is 4.79 Å². The molecule has 0 atom stereocenters. The molecule has 104 valence electrons. The van der Waals surface area contributed by atoms with Crippen molar-refractivity contribution in [1.29, 1.82) is 0 Å². The molecule has 0 unspecified atom stereocenters. The quantitative estimate of drug-likeness (QED) is 0.663. The summed E-state index contributed by atoms with van der Waals surface area (Å²) in [6, 6.07) is 1.72. The number of thiocarbonyl (C=S) groups is 1. The number of halogens is 1. The zero-order valence-corrected chi connectivity index (χ0v) is 13.0. The second-order valence-electron chi connectivity index (χ2n) is 4.91. The van der Waals surface area contributed by atoms with E-state index in [-0.39, 0.29) is 5.91 Å². The van der Waals surface area contributed by atoms with E-state index in [2.05, 4.69) is 5.32 Å². The fourth-order valence-corrected chi connectivity index (χ4v) is 3.79. The topological polar surface area (TPSA) is 55.1 Å². The summed E-state index contributed by atoms with van der Waals surface area (Å²) >= 11 is 12.5. The molecule has 1 aliphatic rings. The van der Waals surface area contributed by atoms with Crippen LogP contribution in [0, 0.1) is 0 Å². The van der Waals surface area contributed by atoms with Crippen molar-refractivity contribution in [2.45, 2.75) is 44.1 Å². The van der Waals surface area contributed by atoms with Gasteiger partial charge in [0.2, 0.25) is 0 Å². The molecule has 1 heterocycles. The SMILES string of the molecule is NC(=S)C1(NC(=O)c2sccc2Cl)CCCCCC1. The summed E-state index contributed by atoms with van der Waals surface area (Å²) < 4.78 is 0. The Morgan fingerprint density at radius 1 is 1.37 bits per heavy atom. The first kappa shape index (κ1) is 14.8. The van der Waals surface area contributed by atoms with Gasteiger partial charge in [-0.2, -0.15) is 0 Å². The molecule has 19 heavy (non-hydrogen) atoms. The van der Waals surface area contributed by atoms with Crippen molar-refractivity contribution in [2.75, 3.05) is 0 Å². The Kier molecular flexibility index (Phi) is 4.81. The third-order valence-corrected chi connectivity index (χ3v) is 5.34. The number of carbonyl (C=O) groups excluding carboxylic acids is 1. The lowest BCUT2D eigenvalue weighted by Crippen LogP contribution is -2.56. The van der Waals surface area contributed by atoms with Crippen molar-refractivity contribution < 1.29 is 4.79 Å². The predicted octanol–water partition coefficient (Wildman–Crippen LogP) is 3.51. The Bertz CT molecular complexity index is 479. The number of thiophene rings is 1. The van der Waals surface area contributed by atoms with Crippen LogP contribution in [0.4, 0.5) is 0 Å². The van der Waals surface area contributed by atoms with E-state index in [1.807, 2.05) is 0 Å². The van der Waals surface area contributed by atoms with Crippen LogP contribution in [-0.4, -0.2) is 16.4 Å². The summed E-state index contributed by atoms with van der Waals surface area (Å²) in [7, 11) is 0. The van der Waals surface area contributed by atoms with Crippen LogP contribution in [0.15, 0.2) is 11.4 Å². The van der Waals surface area contributed by atoms with E-state index < -0.39 is 5.54 Å². The molecular formula is C13H17ClN2OS2. The highest BCUT2D eigenvalue weighted by atomic mass is 35.5. The summed E-state index contributed by atoms with van der Waals surface area (Å²) in [6.45, 7) is 0. The number of rotatable bonds is 3. The average molecular weight is 317 g/mol. The molecule has 0 aliphatic heterocycles. The van der Waals surface area contributed by atoms with E-state index in [1.54, 1.807) is 11.4 Å². The molecule has 0 spiro atoms. The van der Waals surface area contributed by atoms with Gasteiger partial charge in [0.15, 0.2) is 0 Å². The van der Waals surface area contributed by atoms with Crippen molar-refractivity contribution in [2.24, 2.45) is 5.73 Å². The van der Waals surface area contributed by atoms with Gasteiger partial charge < -0.3 is 11.1 Å². The lowest BCUT2D eigenvalue weighted by molar-refractivity contribution is 0.0922. The van der Waals surface area contributed by atoms with Crippen LogP contribution in [0.2, 0.25) is 5.02 Å². The highest BCUT2D eigenvalue weighted by Crippen LogP contribution is 2.29. The summed E-state index contributed by atoms with van der Waals surface area (Å²) in [4.78, 5) is 13.2. The van der Waals surface area contributed by atoms with Gasteiger partial charge in [0.25, 0.3) is 5.91 Å². The second-order valence-corrected chi connectivity index (χ2v) is 6.68. The van der Waals surface area contributed by atoms with Crippen molar-refractivity contribution in [3.8, 4) is 0 Å². The summed E-state index contributed by atoms with van der Waals surface area (Å²) in [6.07, 6.45) is 6.04. The Morgan fingerprint density at radius 3 is 2.47 bits per heavy atom. The zero-order chi connectivity index (χ0) is 13.9. The van der Waals surface area contributed by atoms with Crippen LogP contribution in [0.5, 0.6) is 0 Å². The molecule has 1 fully saturated rings. The van der Waals surface area contributed by atoms with Crippen LogP contribution >= 0.6 is 35.2 Å². The molecule has 0 radical (unpaired) electrons. The van der Waals surface area contributed by atoms with Gasteiger partial charge in [0.05, 0.1) is 15.6 Å². The fraction of sp³-hybridized carbons (Fsp3) is 0.538. The van der Waals surface area contributed by atoms with Gasteiger partial charge >= 0.3 is 0 Å². The van der Waals surface area contributed by atoms with Gasteiger partial charge in [-0.15, -0.1) is 11.3 Å². The maximum Gasteiger partial charge on any atom is 0.263 e. The van der Waals surface area contributed by atoms with Gasteiger partial charge in [-0.05, 0) is 24.3 Å². The predicted molar refractivity (Wildman–Crippen MR) is 84.0 cm³/mol. The van der Waals surface area contributed by atoms with Crippen molar-refractivity contribution in [1.82, 2.24) is 5.32 Å². The minimum atomic E-state index is -0.545. The molecule has 3 nitrogen and oxygen atoms in total. The Balaban J connectivity index is 2.19. The van der Waals surface area contributed by atoms with Gasteiger partial charge in [-0.3, -0.25) is 4.79 Å². The third kappa shape index (κ3) is 3.27. The van der Waals surface area contributed by atoms with Crippen molar-refractivity contribution in [3.05, 3.63) is 21.3 Å². The Labute approximate surface area is 127 Å². The van der Waals surface area contributed by atoms with Crippen LogP contribution in [0.25, 0.3) is 0 Å². The highest BCUT2D eigenvalue weighted by molar-refractivity contribution is 7.80. The molecule has 1 aliphatic carbocycles. The number of hydrogen-bond donors (Lipinski definition) is 2. The Hall–Kier alpha value is -0.650. The summed E-state index contributed by atoms with van der Waals surface area (Å²) in [5.74, 6) is -0.172. The third-order valence-electron chi connectivity index (χ3n) is 3.60. The minimum Gasteiger partial charge on any atom is -0.391 e. The molecule has 1 amide bonds. The molecular weight excluding hydrogens is 300 g/mol. The zero-order valence-electron chi connectivity index (χ0n) is 10.6. The van der Waals surface area contributed by atoms with Crippen LogP contribution in [-0.2, 0) is 0 Å². The lowest BCUT2D eigenvalue weighted by atomic mass is 9.90. The normalized spacial score (nSPS) is 18.6. The van der Waals surface area contributed by atoms with E-state index in [0.29, 0.717) is 14.9 Å². The molecule has 2 rings (SSSR count). The minimum absolute atomic E-state index is 0.172. The number of nitrogens with two attached hydrogens (primary N) is 1. The van der Waals surface area contributed by atoms with Gasteiger partial charge in [-0.1, -0.05) is 49.5 Å². The molecule has 0 bridgehead atoms. The van der Waals surface area contributed by atoms with Crippen LogP contribution in [0.1, 0.15) is 48.2 Å². The molecule has 0 saturated heterocycles. The Morgan fingerprint density at radius 2 is 2.00 bits per heavy atom. The van der Waals surface area contributed by atoms with E-state index in [4.69, 9.17) is 29.6 Å². The first-order chi connectivity index (χ1) is 9.05. The first-order valence-corrected chi connectivity index (χ1v) is 8.07. The molecule has 6 heteroatoms. The van der Waals surface area contributed by atoms with E-state index in [0.717, 1.165) is 25.7 Å². The maximum absolute atomic E-state index is 12.3. The average Bonchev–Trinajstić information content (AvgIpc) is 2.64. The van der Waals surface area contributed by atoms with Gasteiger partial charge in [0.1, 0.15) is 4.88 Å². The van der Waals surface area contributed by atoms with E-state index in [1.165, 1.54) is 24.2 Å². The van der Waals surface area contributed by atoms with Crippen molar-refractivity contribution in [3.63, 3.8) is 0 Å². The number of nitrogens with one attached hydrogen (secondary N) is 1. The van der Waals surface area contributed by atoms with Gasteiger partial charge in [-0.25, -0.2) is 0 Å². The molecule has 1 aromatic rings. The summed E-state index contributed by atoms with van der Waals surface area (Å²) in [5.41, 5.74) is 5.35. The van der Waals surface area contributed by atoms with Crippen LogP contribution < -0.4 is 11.1 Å². The molecule has 1 saturated carbocycles. The summed E-state index contributed by atoms with van der Waals surface area (Å²) in [5, 5.41) is 5.32. The maximum atomic E-state index is 12.3. The lowest BCUT2D eigenvalue weighted by Gasteiger charge is -2.32. The van der Waals surface area contributed by atoms with E-state index >= 15 is 0 Å². The second kappa shape index (κ2) is 6.20. The van der Waals surface area contributed by atoms with Crippen LogP contribution in [0.3, 0.4) is 0 Å². The molecule has 0 aromatic carbocycles. The van der Waals surface area contributed by atoms with Gasteiger partial charge in [0, 0.05) is 0 Å². The highest BCUT2D eigenvalue weighted by Gasteiger charge is 2.36. The monoisotopic (exact) mass is 316 g/mol. The first-order valence-electron chi connectivity index (χ1n) is 6.40. The molecule has 3 N–H and O–H groups in total. The molecule has 1 aromatic heterocycles. The standard InChI is InChI=1S/C13H17ClN2OS2/c14-9-5-8-19-10(9)11(17)16-13(12(15)18)6-3-1-2-4-7-13/h5,8H,1-4,6-7H2,(H2,15,18)(H,16,17). The number of carbonyl (C=O) groups is 1. The number of amides is 1.